The van der Waals surface area contributed by atoms with Crippen LogP contribution >= 0.6 is 0 Å². The largest absolute Gasteiger partial charge is 0.347 e. The van der Waals surface area contributed by atoms with E-state index in [1.54, 1.807) is 0 Å². The average Bonchev–Trinajstić information content (AvgIpc) is 2.87. The quantitative estimate of drug-likeness (QED) is 0.920. The third-order valence-electron chi connectivity index (χ3n) is 4.93. The highest BCUT2D eigenvalue weighted by molar-refractivity contribution is 5.32. The molecular weight excluding hydrogens is 262 g/mol. The lowest BCUT2D eigenvalue weighted by molar-refractivity contribution is -0.186. The first kappa shape index (κ1) is 15.0. The highest BCUT2D eigenvalue weighted by atomic mass is 16.7. The maximum Gasteiger partial charge on any atom is 0.168 e. The van der Waals surface area contributed by atoms with Gasteiger partial charge in [0.05, 0.1) is 12.7 Å². The normalized spacial score (nSPS) is 24.6. The fraction of sp³-hybridized carbons (Fsp3) is 0.667. The van der Waals surface area contributed by atoms with Crippen LogP contribution in [-0.2, 0) is 16.0 Å². The van der Waals surface area contributed by atoms with Crippen molar-refractivity contribution in [3.8, 4) is 0 Å². The van der Waals surface area contributed by atoms with Gasteiger partial charge in [0, 0.05) is 25.9 Å². The molecule has 1 saturated heterocycles. The Bertz CT molecular complexity index is 480. The SMILES string of the molecule is Cc1cccc(CNC[C@@H]2COC3(CCCCC3)O2)c1C. The molecule has 0 unspecified atom stereocenters. The van der Waals surface area contributed by atoms with E-state index in [9.17, 15) is 0 Å². The lowest BCUT2D eigenvalue weighted by Gasteiger charge is -2.31. The van der Waals surface area contributed by atoms with Crippen molar-refractivity contribution < 1.29 is 9.47 Å². The zero-order valence-corrected chi connectivity index (χ0v) is 13.3. The summed E-state index contributed by atoms with van der Waals surface area (Å²) in [6.07, 6.45) is 6.14. The summed E-state index contributed by atoms with van der Waals surface area (Å²) in [4.78, 5) is 0. The molecule has 2 fully saturated rings. The molecule has 1 aromatic rings. The van der Waals surface area contributed by atoms with Crippen molar-refractivity contribution >= 4 is 0 Å². The number of hydrogen-bond acceptors (Lipinski definition) is 3. The van der Waals surface area contributed by atoms with Gasteiger partial charge in [0.15, 0.2) is 5.79 Å². The van der Waals surface area contributed by atoms with Gasteiger partial charge < -0.3 is 14.8 Å². The maximum absolute atomic E-state index is 6.20. The molecule has 3 nitrogen and oxygen atoms in total. The first-order valence-electron chi connectivity index (χ1n) is 8.26. The Morgan fingerprint density at radius 2 is 2.00 bits per heavy atom. The molecule has 1 aromatic carbocycles. The maximum atomic E-state index is 6.20. The number of ether oxygens (including phenoxy) is 2. The zero-order chi connectivity index (χ0) is 14.7. The Kier molecular flexibility index (Phi) is 4.63. The summed E-state index contributed by atoms with van der Waals surface area (Å²) in [6.45, 7) is 6.87. The summed E-state index contributed by atoms with van der Waals surface area (Å²) in [5, 5.41) is 3.53. The summed E-state index contributed by atoms with van der Waals surface area (Å²) in [5.41, 5.74) is 4.12. The first-order chi connectivity index (χ1) is 10.2. The van der Waals surface area contributed by atoms with Crippen molar-refractivity contribution in [3.05, 3.63) is 34.9 Å². The van der Waals surface area contributed by atoms with Crippen molar-refractivity contribution in [3.63, 3.8) is 0 Å². The van der Waals surface area contributed by atoms with E-state index in [-0.39, 0.29) is 11.9 Å². The Balaban J connectivity index is 1.47. The zero-order valence-electron chi connectivity index (χ0n) is 13.3. The molecule has 0 aromatic heterocycles. The van der Waals surface area contributed by atoms with Gasteiger partial charge in [-0.05, 0) is 43.4 Å². The lowest BCUT2D eigenvalue weighted by Crippen LogP contribution is -2.35. The predicted molar refractivity (Wildman–Crippen MR) is 84.3 cm³/mol. The Morgan fingerprint density at radius 1 is 1.19 bits per heavy atom. The molecule has 0 amide bonds. The van der Waals surface area contributed by atoms with Crippen LogP contribution in [0.1, 0.15) is 48.8 Å². The van der Waals surface area contributed by atoms with Gasteiger partial charge >= 0.3 is 0 Å². The fourth-order valence-electron chi connectivity index (χ4n) is 3.44. The third-order valence-corrected chi connectivity index (χ3v) is 4.93. The Hall–Kier alpha value is -0.900. The van der Waals surface area contributed by atoms with Gasteiger partial charge in [-0.15, -0.1) is 0 Å². The summed E-state index contributed by atoms with van der Waals surface area (Å²) >= 11 is 0. The van der Waals surface area contributed by atoms with E-state index < -0.39 is 0 Å². The lowest BCUT2D eigenvalue weighted by atomic mass is 9.94. The Morgan fingerprint density at radius 3 is 2.81 bits per heavy atom. The molecule has 21 heavy (non-hydrogen) atoms. The highest BCUT2D eigenvalue weighted by Gasteiger charge is 2.41. The predicted octanol–water partition coefficient (Wildman–Crippen LogP) is 3.47. The smallest absolute Gasteiger partial charge is 0.168 e. The van der Waals surface area contributed by atoms with E-state index in [4.69, 9.17) is 9.47 Å². The van der Waals surface area contributed by atoms with Crippen molar-refractivity contribution in [1.29, 1.82) is 0 Å². The van der Waals surface area contributed by atoms with Gasteiger partial charge in [-0.1, -0.05) is 24.6 Å². The van der Waals surface area contributed by atoms with Crippen molar-refractivity contribution in [1.82, 2.24) is 5.32 Å². The van der Waals surface area contributed by atoms with Crippen LogP contribution in [0, 0.1) is 13.8 Å². The topological polar surface area (TPSA) is 30.5 Å². The van der Waals surface area contributed by atoms with Gasteiger partial charge in [0.2, 0.25) is 0 Å². The summed E-state index contributed by atoms with van der Waals surface area (Å²) < 4.78 is 12.2. The molecule has 1 aliphatic carbocycles. The second-order valence-corrected chi connectivity index (χ2v) is 6.51. The number of benzene rings is 1. The van der Waals surface area contributed by atoms with Crippen molar-refractivity contribution in [2.45, 2.75) is 64.4 Å². The molecule has 2 aliphatic rings. The van der Waals surface area contributed by atoms with Crippen molar-refractivity contribution in [2.75, 3.05) is 13.2 Å². The third kappa shape index (κ3) is 3.47. The molecule has 116 valence electrons. The minimum Gasteiger partial charge on any atom is -0.347 e. The summed E-state index contributed by atoms with van der Waals surface area (Å²) in [7, 11) is 0. The summed E-state index contributed by atoms with van der Waals surface area (Å²) in [6, 6.07) is 6.50. The van der Waals surface area contributed by atoms with Crippen LogP contribution in [0.25, 0.3) is 0 Å². The molecule has 1 spiro atoms. The molecule has 1 atom stereocenters. The molecule has 3 rings (SSSR count). The van der Waals surface area contributed by atoms with E-state index in [1.165, 1.54) is 36.0 Å². The second-order valence-electron chi connectivity index (χ2n) is 6.51. The molecule has 0 bridgehead atoms. The van der Waals surface area contributed by atoms with Crippen LogP contribution in [0.4, 0.5) is 0 Å². The molecule has 1 heterocycles. The number of hydrogen-bond donors (Lipinski definition) is 1. The van der Waals surface area contributed by atoms with E-state index in [0.29, 0.717) is 0 Å². The minimum absolute atomic E-state index is 0.202. The summed E-state index contributed by atoms with van der Waals surface area (Å²) in [5.74, 6) is -0.246. The van der Waals surface area contributed by atoms with E-state index in [0.717, 1.165) is 32.5 Å². The average molecular weight is 289 g/mol. The Labute approximate surface area is 128 Å². The molecular formula is C18H27NO2. The van der Waals surface area contributed by atoms with Gasteiger partial charge in [-0.3, -0.25) is 0 Å². The molecule has 1 saturated carbocycles. The second kappa shape index (κ2) is 6.47. The number of rotatable bonds is 4. The fourth-order valence-corrected chi connectivity index (χ4v) is 3.44. The van der Waals surface area contributed by atoms with E-state index in [1.807, 2.05) is 0 Å². The van der Waals surface area contributed by atoms with Crippen LogP contribution in [0.2, 0.25) is 0 Å². The number of nitrogens with one attached hydrogen (secondary N) is 1. The van der Waals surface area contributed by atoms with Gasteiger partial charge in [0.25, 0.3) is 0 Å². The van der Waals surface area contributed by atoms with Gasteiger partial charge in [0.1, 0.15) is 0 Å². The molecule has 1 N–H and O–H groups in total. The van der Waals surface area contributed by atoms with Crippen LogP contribution in [0.5, 0.6) is 0 Å². The standard InChI is InChI=1S/C18H27NO2/c1-14-7-6-8-16(15(14)2)11-19-12-17-13-20-18(21-17)9-4-3-5-10-18/h6-8,17,19H,3-5,9-13H2,1-2H3/t17-/m1/s1. The minimum atomic E-state index is -0.246. The molecule has 1 aliphatic heterocycles. The highest BCUT2D eigenvalue weighted by Crippen LogP contribution is 2.37. The van der Waals surface area contributed by atoms with Crippen LogP contribution < -0.4 is 5.32 Å². The van der Waals surface area contributed by atoms with Crippen LogP contribution in [0.15, 0.2) is 18.2 Å². The molecule has 3 heteroatoms. The van der Waals surface area contributed by atoms with E-state index in [2.05, 4.69) is 37.4 Å². The van der Waals surface area contributed by atoms with E-state index >= 15 is 0 Å². The van der Waals surface area contributed by atoms with Crippen LogP contribution in [-0.4, -0.2) is 25.0 Å². The van der Waals surface area contributed by atoms with Gasteiger partial charge in [-0.2, -0.15) is 0 Å². The van der Waals surface area contributed by atoms with Crippen molar-refractivity contribution in [2.24, 2.45) is 0 Å². The first-order valence-corrected chi connectivity index (χ1v) is 8.26. The monoisotopic (exact) mass is 289 g/mol. The van der Waals surface area contributed by atoms with Crippen LogP contribution in [0.3, 0.4) is 0 Å². The van der Waals surface area contributed by atoms with Gasteiger partial charge in [-0.25, -0.2) is 0 Å². The molecule has 0 radical (unpaired) electrons. The number of aryl methyl sites for hydroxylation is 1.